The summed E-state index contributed by atoms with van der Waals surface area (Å²) in [6.45, 7) is 6.84. The molecule has 0 unspecified atom stereocenters. The summed E-state index contributed by atoms with van der Waals surface area (Å²) < 4.78 is 16.3. The molecule has 0 aromatic carbocycles. The van der Waals surface area contributed by atoms with Crippen LogP contribution >= 0.6 is 12.2 Å². The van der Waals surface area contributed by atoms with Gasteiger partial charge in [0.05, 0.1) is 19.9 Å². The van der Waals surface area contributed by atoms with E-state index in [-0.39, 0.29) is 5.79 Å². The number of aromatic nitrogens is 4. The monoisotopic (exact) mass is 361 g/mol. The maximum atomic E-state index is 5.80. The second kappa shape index (κ2) is 6.95. The van der Waals surface area contributed by atoms with Crippen molar-refractivity contribution in [2.24, 2.45) is 0 Å². The zero-order chi connectivity index (χ0) is 17.3. The van der Waals surface area contributed by atoms with Crippen molar-refractivity contribution in [3.8, 4) is 11.4 Å². The largest absolute Gasteiger partial charge is 0.347 e. The lowest BCUT2D eigenvalue weighted by Crippen LogP contribution is -2.45. The van der Waals surface area contributed by atoms with Crippen molar-refractivity contribution in [3.63, 3.8) is 0 Å². The van der Waals surface area contributed by atoms with E-state index in [1.807, 2.05) is 16.8 Å². The van der Waals surface area contributed by atoms with Gasteiger partial charge in [0, 0.05) is 50.4 Å². The molecule has 0 saturated carbocycles. The molecule has 0 atom stereocenters. The Morgan fingerprint density at radius 2 is 1.84 bits per heavy atom. The number of piperidine rings is 1. The molecule has 4 heterocycles. The highest BCUT2D eigenvalue weighted by molar-refractivity contribution is 7.71. The van der Waals surface area contributed by atoms with Crippen molar-refractivity contribution in [1.82, 2.24) is 24.2 Å². The predicted molar refractivity (Wildman–Crippen MR) is 95.4 cm³/mol. The normalized spacial score (nSPS) is 20.4. The van der Waals surface area contributed by atoms with Gasteiger partial charge in [-0.3, -0.25) is 9.88 Å². The Kier molecular flexibility index (Phi) is 4.68. The number of nitrogens with zero attached hydrogens (tertiary/aromatic N) is 5. The highest BCUT2D eigenvalue weighted by Gasteiger charge is 2.39. The molecule has 2 saturated heterocycles. The van der Waals surface area contributed by atoms with E-state index in [0.717, 1.165) is 48.6 Å². The van der Waals surface area contributed by atoms with Gasteiger partial charge in [-0.2, -0.15) is 5.10 Å². The first kappa shape index (κ1) is 16.8. The number of hydrogen-bond acceptors (Lipinski definition) is 6. The molecular formula is C17H23N5O2S. The Labute approximate surface area is 152 Å². The molecule has 2 aliphatic heterocycles. The maximum absolute atomic E-state index is 5.80. The lowest BCUT2D eigenvalue weighted by molar-refractivity contribution is -0.187. The minimum Gasteiger partial charge on any atom is -0.347 e. The molecule has 2 aliphatic rings. The summed E-state index contributed by atoms with van der Waals surface area (Å²) in [6, 6.07) is 3.93. The maximum Gasteiger partial charge on any atom is 0.199 e. The van der Waals surface area contributed by atoms with Crippen LogP contribution in [0.25, 0.3) is 11.4 Å². The van der Waals surface area contributed by atoms with Gasteiger partial charge >= 0.3 is 0 Å². The molecule has 2 fully saturated rings. The molecule has 1 spiro atoms. The van der Waals surface area contributed by atoms with Crippen LogP contribution in [0.5, 0.6) is 0 Å². The average molecular weight is 361 g/mol. The quantitative estimate of drug-likeness (QED) is 0.779. The van der Waals surface area contributed by atoms with E-state index < -0.39 is 0 Å². The minimum atomic E-state index is -0.344. The van der Waals surface area contributed by atoms with Crippen LogP contribution in [0, 0.1) is 4.77 Å². The van der Waals surface area contributed by atoms with E-state index in [0.29, 0.717) is 19.9 Å². The van der Waals surface area contributed by atoms with E-state index >= 15 is 0 Å². The first-order valence-electron chi connectivity index (χ1n) is 8.79. The molecule has 0 N–H and O–H groups in total. The standard InChI is InChI=1S/C17H23N5O2S/c1-2-21-15(14-3-7-18-8-4-14)19-22(16(21)25)13-20-9-5-17(6-10-20)23-11-12-24-17/h3-4,7-8H,2,5-6,9-13H2,1H3. The van der Waals surface area contributed by atoms with Crippen LogP contribution in [0.3, 0.4) is 0 Å². The first-order chi connectivity index (χ1) is 12.2. The van der Waals surface area contributed by atoms with Crippen LogP contribution in [0.4, 0.5) is 0 Å². The highest BCUT2D eigenvalue weighted by atomic mass is 32.1. The summed E-state index contributed by atoms with van der Waals surface area (Å²) in [5.74, 6) is 0.550. The molecule has 0 amide bonds. The number of ether oxygens (including phenoxy) is 2. The van der Waals surface area contributed by atoms with Gasteiger partial charge in [-0.05, 0) is 31.3 Å². The van der Waals surface area contributed by atoms with E-state index in [2.05, 4.69) is 21.4 Å². The third-order valence-corrected chi connectivity index (χ3v) is 5.37. The third kappa shape index (κ3) is 3.27. The van der Waals surface area contributed by atoms with Crippen LogP contribution in [0.1, 0.15) is 19.8 Å². The van der Waals surface area contributed by atoms with Crippen LogP contribution in [0.2, 0.25) is 0 Å². The summed E-state index contributed by atoms with van der Waals surface area (Å²) in [7, 11) is 0. The summed E-state index contributed by atoms with van der Waals surface area (Å²) in [4.78, 5) is 6.44. The molecule has 7 nitrogen and oxygen atoms in total. The van der Waals surface area contributed by atoms with Gasteiger partial charge in [-0.1, -0.05) is 0 Å². The van der Waals surface area contributed by atoms with Crippen LogP contribution in [-0.2, 0) is 22.7 Å². The van der Waals surface area contributed by atoms with Gasteiger partial charge in [0.15, 0.2) is 16.4 Å². The number of likely N-dealkylation sites (tertiary alicyclic amines) is 1. The average Bonchev–Trinajstić information content (AvgIpc) is 3.23. The molecule has 25 heavy (non-hydrogen) atoms. The molecule has 4 rings (SSSR count). The van der Waals surface area contributed by atoms with Crippen molar-refractivity contribution in [3.05, 3.63) is 29.3 Å². The third-order valence-electron chi connectivity index (χ3n) is 4.94. The highest BCUT2D eigenvalue weighted by Crippen LogP contribution is 2.31. The van der Waals surface area contributed by atoms with E-state index in [4.69, 9.17) is 26.8 Å². The van der Waals surface area contributed by atoms with E-state index in [1.54, 1.807) is 12.4 Å². The SMILES string of the molecule is CCn1c(-c2ccncc2)nn(CN2CCC3(CC2)OCCO3)c1=S. The Hall–Kier alpha value is -1.61. The predicted octanol–water partition coefficient (Wildman–Crippen LogP) is 2.29. The van der Waals surface area contributed by atoms with Gasteiger partial charge in [-0.25, -0.2) is 4.68 Å². The topological polar surface area (TPSA) is 57.3 Å². The lowest BCUT2D eigenvalue weighted by Gasteiger charge is -2.37. The fourth-order valence-electron chi connectivity index (χ4n) is 3.54. The molecular weight excluding hydrogens is 338 g/mol. The summed E-state index contributed by atoms with van der Waals surface area (Å²) in [5.41, 5.74) is 1.03. The zero-order valence-electron chi connectivity index (χ0n) is 14.4. The first-order valence-corrected chi connectivity index (χ1v) is 9.20. The Balaban J connectivity index is 1.52. The van der Waals surface area contributed by atoms with Gasteiger partial charge < -0.3 is 14.0 Å². The van der Waals surface area contributed by atoms with Gasteiger partial charge in [-0.15, -0.1) is 0 Å². The molecule has 134 valence electrons. The number of pyridine rings is 1. The fraction of sp³-hybridized carbons (Fsp3) is 0.588. The second-order valence-corrected chi connectivity index (χ2v) is 6.82. The van der Waals surface area contributed by atoms with E-state index in [1.165, 1.54) is 0 Å². The molecule has 2 aromatic heterocycles. The summed E-state index contributed by atoms with van der Waals surface area (Å²) in [6.07, 6.45) is 5.35. The summed E-state index contributed by atoms with van der Waals surface area (Å²) >= 11 is 5.65. The summed E-state index contributed by atoms with van der Waals surface area (Å²) in [5, 5.41) is 4.78. The molecule has 0 aliphatic carbocycles. The number of hydrogen-bond donors (Lipinski definition) is 0. The molecule has 8 heteroatoms. The smallest absolute Gasteiger partial charge is 0.199 e. The van der Waals surface area contributed by atoms with Gasteiger partial charge in [0.2, 0.25) is 0 Å². The zero-order valence-corrected chi connectivity index (χ0v) is 15.2. The molecule has 0 radical (unpaired) electrons. The number of rotatable bonds is 4. The van der Waals surface area contributed by atoms with Gasteiger partial charge in [0.25, 0.3) is 0 Å². The minimum absolute atomic E-state index is 0.344. The van der Waals surface area contributed by atoms with Crippen molar-refractivity contribution in [2.45, 2.75) is 38.8 Å². The van der Waals surface area contributed by atoms with Crippen LogP contribution in [-0.4, -0.2) is 56.3 Å². The Morgan fingerprint density at radius 3 is 2.48 bits per heavy atom. The van der Waals surface area contributed by atoms with Crippen molar-refractivity contribution >= 4 is 12.2 Å². The van der Waals surface area contributed by atoms with Crippen molar-refractivity contribution in [1.29, 1.82) is 0 Å². The Bertz CT molecular complexity index is 772. The van der Waals surface area contributed by atoms with Crippen LogP contribution < -0.4 is 0 Å². The fourth-order valence-corrected chi connectivity index (χ4v) is 3.86. The molecule has 0 bridgehead atoms. The van der Waals surface area contributed by atoms with Crippen molar-refractivity contribution < 1.29 is 9.47 Å². The Morgan fingerprint density at radius 1 is 1.16 bits per heavy atom. The van der Waals surface area contributed by atoms with E-state index in [9.17, 15) is 0 Å². The second-order valence-electron chi connectivity index (χ2n) is 6.45. The van der Waals surface area contributed by atoms with Crippen molar-refractivity contribution in [2.75, 3.05) is 26.3 Å². The molecule has 2 aromatic rings. The lowest BCUT2D eigenvalue weighted by atomic mass is 10.0. The van der Waals surface area contributed by atoms with Crippen LogP contribution in [0.15, 0.2) is 24.5 Å². The van der Waals surface area contributed by atoms with Gasteiger partial charge in [0.1, 0.15) is 0 Å².